The number of halogens is 1. The van der Waals surface area contributed by atoms with Crippen LogP contribution in [0.3, 0.4) is 0 Å². The van der Waals surface area contributed by atoms with Gasteiger partial charge in [0.25, 0.3) is 5.91 Å². The number of nitrogens with zero attached hydrogens (tertiary/aromatic N) is 3. The normalized spacial score (nSPS) is 18.9. The maximum atomic E-state index is 13.6. The van der Waals surface area contributed by atoms with Gasteiger partial charge in [-0.2, -0.15) is 0 Å². The maximum Gasteiger partial charge on any atom is 0.274 e. The number of hydrogen-bond donors (Lipinski definition) is 0. The summed E-state index contributed by atoms with van der Waals surface area (Å²) < 4.78 is 13.6. The largest absolute Gasteiger partial charge is 0.337 e. The van der Waals surface area contributed by atoms with E-state index < -0.39 is 0 Å². The molecule has 0 aromatic heterocycles. The van der Waals surface area contributed by atoms with Gasteiger partial charge in [0.05, 0.1) is 22.1 Å². The number of thioether (sulfide) groups is 2. The van der Waals surface area contributed by atoms with Crippen LogP contribution in [0.25, 0.3) is 0 Å². The summed E-state index contributed by atoms with van der Waals surface area (Å²) in [5, 5.41) is 1.26. The first-order valence-electron chi connectivity index (χ1n) is 10.1. The molecule has 2 heterocycles. The van der Waals surface area contributed by atoms with Crippen LogP contribution < -0.4 is 9.80 Å². The fourth-order valence-electron chi connectivity index (χ4n) is 3.60. The molecule has 1 amide bonds. The zero-order chi connectivity index (χ0) is 23.1. The van der Waals surface area contributed by atoms with Crippen molar-refractivity contribution in [3.8, 4) is 0 Å². The van der Waals surface area contributed by atoms with Crippen molar-refractivity contribution >= 4 is 57.4 Å². The second-order valence-electron chi connectivity index (χ2n) is 7.48. The van der Waals surface area contributed by atoms with Crippen LogP contribution in [0.2, 0.25) is 0 Å². The van der Waals surface area contributed by atoms with Gasteiger partial charge in [-0.25, -0.2) is 9.38 Å². The van der Waals surface area contributed by atoms with Crippen LogP contribution in [0, 0.1) is 5.82 Å². The van der Waals surface area contributed by atoms with Crippen molar-refractivity contribution in [1.29, 1.82) is 0 Å². The van der Waals surface area contributed by atoms with Crippen LogP contribution in [0.15, 0.2) is 92.6 Å². The number of Topliss-reactive ketones (excluding diaryl/α,β-unsaturated/α-hetero) is 1. The summed E-state index contributed by atoms with van der Waals surface area (Å²) in [5.41, 5.74) is 2.66. The standard InChI is InChI=1S/C25H18FN3O2S2/c1-15(30)16-6-5-7-18(14-16)27-25-29(19-12-10-17(26)11-13-19)23(31)22(33-25)24-28(2)20-8-3-4-9-21(20)32-24/h3-14H,1-2H3/b24-22-,27-25?. The molecule has 164 valence electrons. The first-order chi connectivity index (χ1) is 15.9. The zero-order valence-corrected chi connectivity index (χ0v) is 19.4. The van der Waals surface area contributed by atoms with Crippen LogP contribution >= 0.6 is 23.5 Å². The number of carbonyl (C=O) groups excluding carboxylic acids is 2. The Balaban J connectivity index is 1.61. The molecule has 0 bridgehead atoms. The summed E-state index contributed by atoms with van der Waals surface area (Å²) in [6, 6.07) is 20.7. The van der Waals surface area contributed by atoms with Crippen molar-refractivity contribution < 1.29 is 14.0 Å². The minimum absolute atomic E-state index is 0.0628. The van der Waals surface area contributed by atoms with Gasteiger partial charge in [0.1, 0.15) is 10.7 Å². The quantitative estimate of drug-likeness (QED) is 0.333. The number of amides is 1. The Morgan fingerprint density at radius 3 is 2.45 bits per heavy atom. The van der Waals surface area contributed by atoms with Crippen LogP contribution in [-0.4, -0.2) is 23.9 Å². The van der Waals surface area contributed by atoms with Crippen LogP contribution in [-0.2, 0) is 4.79 Å². The third kappa shape index (κ3) is 3.96. The average Bonchev–Trinajstić information content (AvgIpc) is 3.31. The van der Waals surface area contributed by atoms with Crippen LogP contribution in [0.5, 0.6) is 0 Å². The van der Waals surface area contributed by atoms with Crippen molar-refractivity contribution in [3.63, 3.8) is 0 Å². The van der Waals surface area contributed by atoms with E-state index in [1.807, 2.05) is 36.2 Å². The summed E-state index contributed by atoms with van der Waals surface area (Å²) >= 11 is 2.81. The van der Waals surface area contributed by atoms with Crippen LogP contribution in [0.1, 0.15) is 17.3 Å². The lowest BCUT2D eigenvalue weighted by molar-refractivity contribution is -0.113. The first-order valence-corrected chi connectivity index (χ1v) is 11.8. The van der Waals surface area contributed by atoms with E-state index in [9.17, 15) is 14.0 Å². The Kier molecular flexibility index (Phi) is 5.55. The molecule has 3 aromatic carbocycles. The molecule has 5 nitrogen and oxygen atoms in total. The number of aliphatic imine (C=N–C) groups is 1. The van der Waals surface area contributed by atoms with Gasteiger partial charge in [0.2, 0.25) is 0 Å². The molecule has 5 rings (SSSR count). The zero-order valence-electron chi connectivity index (χ0n) is 17.8. The Labute approximate surface area is 199 Å². The molecule has 1 fully saturated rings. The number of para-hydroxylation sites is 1. The summed E-state index contributed by atoms with van der Waals surface area (Å²) in [7, 11) is 1.93. The van der Waals surface area contributed by atoms with E-state index in [-0.39, 0.29) is 17.5 Å². The van der Waals surface area contributed by atoms with Crippen molar-refractivity contribution in [1.82, 2.24) is 0 Å². The number of amidine groups is 1. The highest BCUT2D eigenvalue weighted by Gasteiger charge is 2.40. The lowest BCUT2D eigenvalue weighted by Gasteiger charge is -2.16. The summed E-state index contributed by atoms with van der Waals surface area (Å²) in [5.74, 6) is -0.673. The third-order valence-electron chi connectivity index (χ3n) is 5.28. The van der Waals surface area contributed by atoms with Gasteiger partial charge in [-0.05, 0) is 67.2 Å². The molecule has 0 aliphatic carbocycles. The predicted octanol–water partition coefficient (Wildman–Crippen LogP) is 6.21. The molecule has 0 N–H and O–H groups in total. The second kappa shape index (κ2) is 8.53. The highest BCUT2D eigenvalue weighted by Crippen LogP contribution is 2.50. The number of carbonyl (C=O) groups is 2. The number of ketones is 1. The highest BCUT2D eigenvalue weighted by atomic mass is 32.2. The molecular formula is C25H18FN3O2S2. The van der Waals surface area contributed by atoms with Gasteiger partial charge in [0.15, 0.2) is 11.0 Å². The number of hydrogen-bond acceptors (Lipinski definition) is 6. The van der Waals surface area contributed by atoms with Crippen molar-refractivity contribution in [2.45, 2.75) is 11.8 Å². The topological polar surface area (TPSA) is 53.0 Å². The van der Waals surface area contributed by atoms with E-state index in [1.54, 1.807) is 36.4 Å². The third-order valence-corrected chi connectivity index (χ3v) is 7.67. The highest BCUT2D eigenvalue weighted by molar-refractivity contribution is 8.20. The summed E-state index contributed by atoms with van der Waals surface area (Å²) in [4.78, 5) is 35.2. The molecule has 0 spiro atoms. The molecule has 0 saturated carbocycles. The molecule has 2 aliphatic rings. The summed E-state index contributed by atoms with van der Waals surface area (Å²) in [6.07, 6.45) is 0. The van der Waals surface area contributed by atoms with Gasteiger partial charge < -0.3 is 4.90 Å². The number of rotatable bonds is 3. The smallest absolute Gasteiger partial charge is 0.274 e. The average molecular weight is 476 g/mol. The van der Waals surface area contributed by atoms with E-state index >= 15 is 0 Å². The lowest BCUT2D eigenvalue weighted by Crippen LogP contribution is -2.29. The van der Waals surface area contributed by atoms with Crippen LogP contribution in [0.4, 0.5) is 21.5 Å². The minimum Gasteiger partial charge on any atom is -0.337 e. The van der Waals surface area contributed by atoms with E-state index in [1.165, 1.54) is 47.5 Å². The number of anilines is 2. The van der Waals surface area contributed by atoms with E-state index in [2.05, 4.69) is 0 Å². The van der Waals surface area contributed by atoms with Gasteiger partial charge in [0, 0.05) is 17.5 Å². The number of fused-ring (bicyclic) bond motifs is 1. The monoisotopic (exact) mass is 475 g/mol. The number of benzene rings is 3. The molecule has 33 heavy (non-hydrogen) atoms. The Morgan fingerprint density at radius 2 is 1.73 bits per heavy atom. The SMILES string of the molecule is CC(=O)c1cccc(N=C2S/C(=C3\Sc4ccccc4N3C)C(=O)N2c2ccc(F)cc2)c1. The molecular weight excluding hydrogens is 457 g/mol. The fourth-order valence-corrected chi connectivity index (χ4v) is 5.95. The van der Waals surface area contributed by atoms with E-state index in [0.29, 0.717) is 27.0 Å². The first kappa shape index (κ1) is 21.5. The van der Waals surface area contributed by atoms with E-state index in [4.69, 9.17) is 4.99 Å². The lowest BCUT2D eigenvalue weighted by atomic mass is 10.1. The molecule has 0 unspecified atom stereocenters. The van der Waals surface area contributed by atoms with Crippen molar-refractivity contribution in [3.05, 3.63) is 94.1 Å². The fraction of sp³-hybridized carbons (Fsp3) is 0.0800. The Bertz CT molecular complexity index is 1350. The predicted molar refractivity (Wildman–Crippen MR) is 133 cm³/mol. The van der Waals surface area contributed by atoms with Gasteiger partial charge in [-0.15, -0.1) is 0 Å². The minimum atomic E-state index is -0.384. The Morgan fingerprint density at radius 1 is 0.970 bits per heavy atom. The maximum absolute atomic E-state index is 13.6. The molecule has 2 aliphatic heterocycles. The Hall–Kier alpha value is -3.36. The molecule has 8 heteroatoms. The van der Waals surface area contributed by atoms with Crippen molar-refractivity contribution in [2.75, 3.05) is 16.8 Å². The molecule has 1 saturated heterocycles. The van der Waals surface area contributed by atoms with Gasteiger partial charge >= 0.3 is 0 Å². The van der Waals surface area contributed by atoms with E-state index in [0.717, 1.165) is 15.6 Å². The van der Waals surface area contributed by atoms with Gasteiger partial charge in [-0.3, -0.25) is 14.5 Å². The second-order valence-corrected chi connectivity index (χ2v) is 9.49. The molecule has 3 aromatic rings. The molecule has 0 atom stereocenters. The molecule has 0 radical (unpaired) electrons. The summed E-state index contributed by atoms with van der Waals surface area (Å²) in [6.45, 7) is 1.50. The van der Waals surface area contributed by atoms with Gasteiger partial charge in [-0.1, -0.05) is 36.0 Å². The van der Waals surface area contributed by atoms with Crippen molar-refractivity contribution in [2.24, 2.45) is 4.99 Å².